The molecule has 8 heteroatoms. The molecule has 2 rings (SSSR count). The fourth-order valence-corrected chi connectivity index (χ4v) is 4.06. The summed E-state index contributed by atoms with van der Waals surface area (Å²) in [6, 6.07) is 0.277. The van der Waals surface area contributed by atoms with Crippen LogP contribution >= 0.6 is 0 Å². The summed E-state index contributed by atoms with van der Waals surface area (Å²) < 4.78 is 4.45. The average molecular weight is 434 g/mol. The van der Waals surface area contributed by atoms with E-state index < -0.39 is 0 Å². The molecule has 0 saturated carbocycles. The summed E-state index contributed by atoms with van der Waals surface area (Å²) >= 11 is 0. The molecule has 1 atom stereocenters. The first-order chi connectivity index (χ1) is 14.9. The predicted molar refractivity (Wildman–Crippen MR) is 124 cm³/mol. The van der Waals surface area contributed by atoms with Gasteiger partial charge >= 0.3 is 5.69 Å². The predicted octanol–water partition coefficient (Wildman–Crippen LogP) is 3.25. The van der Waals surface area contributed by atoms with Gasteiger partial charge in [-0.15, -0.1) is 0 Å². The number of carbonyl (C=O) groups is 1. The summed E-state index contributed by atoms with van der Waals surface area (Å²) in [6.07, 6.45) is 12.7. The van der Waals surface area contributed by atoms with E-state index in [0.29, 0.717) is 24.1 Å². The van der Waals surface area contributed by atoms with Crippen LogP contribution in [0.15, 0.2) is 15.9 Å². The number of hydrogen-bond acceptors (Lipinski definition) is 4. The SMILES string of the molecule is CCCC(C)NC(=O)CCCCCCCCCCn1c(=O)c2c(ncn2C)n(C)c1=O. The molecule has 2 aromatic heterocycles. The summed E-state index contributed by atoms with van der Waals surface area (Å²) in [7, 11) is 3.42. The highest BCUT2D eigenvalue weighted by Crippen LogP contribution is 2.10. The van der Waals surface area contributed by atoms with Crippen molar-refractivity contribution in [3.05, 3.63) is 27.2 Å². The Morgan fingerprint density at radius 3 is 2.29 bits per heavy atom. The standard InChI is InChI=1S/C23H39N5O3/c1-5-14-18(2)25-19(29)15-12-10-8-6-7-9-11-13-16-28-22(30)20-21(24-17-26(20)3)27(4)23(28)31/h17-18H,5-16H2,1-4H3,(H,25,29). The second-order valence-corrected chi connectivity index (χ2v) is 8.66. The maximum atomic E-state index is 12.6. The van der Waals surface area contributed by atoms with E-state index in [1.165, 1.54) is 9.13 Å². The van der Waals surface area contributed by atoms with Gasteiger partial charge in [-0.05, 0) is 26.2 Å². The van der Waals surface area contributed by atoms with Gasteiger partial charge in [0.05, 0.1) is 6.33 Å². The molecular weight excluding hydrogens is 394 g/mol. The zero-order chi connectivity index (χ0) is 22.8. The van der Waals surface area contributed by atoms with Crippen molar-refractivity contribution in [2.45, 2.75) is 97.1 Å². The molecule has 0 radical (unpaired) electrons. The number of hydrogen-bond donors (Lipinski definition) is 1. The maximum Gasteiger partial charge on any atom is 0.332 e. The van der Waals surface area contributed by atoms with Crippen molar-refractivity contribution in [1.82, 2.24) is 24.0 Å². The Labute approximate surface area is 184 Å². The van der Waals surface area contributed by atoms with Crippen molar-refractivity contribution in [3.8, 4) is 0 Å². The number of amides is 1. The maximum absolute atomic E-state index is 12.6. The van der Waals surface area contributed by atoms with Crippen molar-refractivity contribution in [3.63, 3.8) is 0 Å². The highest BCUT2D eigenvalue weighted by atomic mass is 16.2. The summed E-state index contributed by atoms with van der Waals surface area (Å²) in [5.74, 6) is 0.173. The van der Waals surface area contributed by atoms with Crippen LogP contribution in [0.2, 0.25) is 0 Å². The van der Waals surface area contributed by atoms with Crippen LogP contribution in [0.5, 0.6) is 0 Å². The second kappa shape index (κ2) is 12.5. The van der Waals surface area contributed by atoms with Crippen LogP contribution in [0.1, 0.15) is 84.5 Å². The van der Waals surface area contributed by atoms with Crippen LogP contribution in [-0.2, 0) is 25.4 Å². The smallest absolute Gasteiger partial charge is 0.332 e. The Morgan fingerprint density at radius 1 is 1.03 bits per heavy atom. The van der Waals surface area contributed by atoms with E-state index in [1.807, 2.05) is 0 Å². The number of imidazole rings is 1. The van der Waals surface area contributed by atoms with E-state index >= 15 is 0 Å². The van der Waals surface area contributed by atoms with Gasteiger partial charge in [-0.2, -0.15) is 0 Å². The fourth-order valence-electron chi connectivity index (χ4n) is 4.06. The molecule has 8 nitrogen and oxygen atoms in total. The average Bonchev–Trinajstić information content (AvgIpc) is 3.11. The molecule has 0 aliphatic heterocycles. The van der Waals surface area contributed by atoms with Gasteiger partial charge < -0.3 is 9.88 Å². The zero-order valence-electron chi connectivity index (χ0n) is 19.7. The lowest BCUT2D eigenvalue weighted by Crippen LogP contribution is -2.39. The normalized spacial score (nSPS) is 12.4. The molecule has 174 valence electrons. The van der Waals surface area contributed by atoms with E-state index in [0.717, 1.165) is 64.2 Å². The Hall–Kier alpha value is -2.38. The van der Waals surface area contributed by atoms with Gasteiger partial charge in [-0.1, -0.05) is 51.9 Å². The molecule has 1 amide bonds. The van der Waals surface area contributed by atoms with Crippen molar-refractivity contribution in [2.24, 2.45) is 14.1 Å². The molecule has 0 saturated heterocycles. The number of nitrogens with zero attached hydrogens (tertiary/aromatic N) is 4. The first-order valence-electron chi connectivity index (χ1n) is 11.8. The minimum atomic E-state index is -0.302. The van der Waals surface area contributed by atoms with Crippen molar-refractivity contribution < 1.29 is 4.79 Å². The van der Waals surface area contributed by atoms with Gasteiger partial charge in [0.25, 0.3) is 5.56 Å². The van der Waals surface area contributed by atoms with Crippen LogP contribution in [0, 0.1) is 0 Å². The van der Waals surface area contributed by atoms with Gasteiger partial charge in [0, 0.05) is 33.1 Å². The van der Waals surface area contributed by atoms with Crippen molar-refractivity contribution in [2.75, 3.05) is 0 Å². The van der Waals surface area contributed by atoms with Crippen molar-refractivity contribution in [1.29, 1.82) is 0 Å². The van der Waals surface area contributed by atoms with E-state index in [4.69, 9.17) is 0 Å². The Balaban J connectivity index is 1.60. The molecule has 0 aromatic carbocycles. The highest BCUT2D eigenvalue weighted by Gasteiger charge is 2.14. The molecule has 1 N–H and O–H groups in total. The number of nitrogens with one attached hydrogen (secondary N) is 1. The topological polar surface area (TPSA) is 90.9 Å². The number of aromatic nitrogens is 4. The molecule has 1 unspecified atom stereocenters. The number of unbranched alkanes of at least 4 members (excludes halogenated alkanes) is 7. The third-order valence-electron chi connectivity index (χ3n) is 5.87. The molecule has 2 aromatic rings. The fraction of sp³-hybridized carbons (Fsp3) is 0.739. The van der Waals surface area contributed by atoms with Gasteiger partial charge in [0.2, 0.25) is 5.91 Å². The van der Waals surface area contributed by atoms with Gasteiger partial charge in [-0.25, -0.2) is 9.78 Å². The summed E-state index contributed by atoms with van der Waals surface area (Å²) in [6.45, 7) is 4.63. The number of carbonyl (C=O) groups excluding carboxylic acids is 1. The summed E-state index contributed by atoms with van der Waals surface area (Å²) in [5.41, 5.74) is 0.341. The highest BCUT2D eigenvalue weighted by molar-refractivity contribution is 5.76. The van der Waals surface area contributed by atoms with E-state index in [2.05, 4.69) is 24.1 Å². The van der Waals surface area contributed by atoms with E-state index in [1.54, 1.807) is 25.0 Å². The monoisotopic (exact) mass is 433 g/mol. The number of aryl methyl sites for hydroxylation is 2. The first kappa shape index (κ1) is 24.9. The molecule has 0 aliphatic carbocycles. The second-order valence-electron chi connectivity index (χ2n) is 8.66. The molecule has 0 bridgehead atoms. The largest absolute Gasteiger partial charge is 0.354 e. The third kappa shape index (κ3) is 7.08. The van der Waals surface area contributed by atoms with Gasteiger partial charge in [-0.3, -0.25) is 18.7 Å². The van der Waals surface area contributed by atoms with Crippen LogP contribution < -0.4 is 16.6 Å². The minimum Gasteiger partial charge on any atom is -0.354 e. The van der Waals surface area contributed by atoms with Crippen LogP contribution in [-0.4, -0.2) is 30.6 Å². The molecular formula is C23H39N5O3. The van der Waals surface area contributed by atoms with Crippen molar-refractivity contribution >= 4 is 17.1 Å². The number of rotatable bonds is 14. The number of fused-ring (bicyclic) bond motifs is 1. The Bertz CT molecular complexity index is 956. The lowest BCUT2D eigenvalue weighted by molar-refractivity contribution is -0.121. The quantitative estimate of drug-likeness (QED) is 0.463. The first-order valence-corrected chi connectivity index (χ1v) is 11.8. The lowest BCUT2D eigenvalue weighted by atomic mass is 10.1. The Morgan fingerprint density at radius 2 is 1.65 bits per heavy atom. The third-order valence-corrected chi connectivity index (χ3v) is 5.87. The molecule has 31 heavy (non-hydrogen) atoms. The molecule has 0 spiro atoms. The zero-order valence-corrected chi connectivity index (χ0v) is 19.7. The molecule has 2 heterocycles. The van der Waals surface area contributed by atoms with Crippen LogP contribution in [0.3, 0.4) is 0 Å². The van der Waals surface area contributed by atoms with Crippen LogP contribution in [0.25, 0.3) is 11.2 Å². The molecule has 0 fully saturated rings. The van der Waals surface area contributed by atoms with E-state index in [-0.39, 0.29) is 23.2 Å². The van der Waals surface area contributed by atoms with Gasteiger partial charge in [0.15, 0.2) is 11.2 Å². The van der Waals surface area contributed by atoms with E-state index in [9.17, 15) is 14.4 Å². The lowest BCUT2D eigenvalue weighted by Gasteiger charge is -2.12. The van der Waals surface area contributed by atoms with Gasteiger partial charge in [0.1, 0.15) is 0 Å². The van der Waals surface area contributed by atoms with Crippen LogP contribution in [0.4, 0.5) is 0 Å². The molecule has 0 aliphatic rings. The summed E-state index contributed by atoms with van der Waals surface area (Å²) in [5, 5.41) is 3.05. The summed E-state index contributed by atoms with van der Waals surface area (Å²) in [4.78, 5) is 41.1. The minimum absolute atomic E-state index is 0.173. The Kier molecular flexibility index (Phi) is 10.0.